The Morgan fingerprint density at radius 2 is 2.00 bits per heavy atom. The molecule has 1 aliphatic heterocycles. The Morgan fingerprint density at radius 3 is 2.54 bits per heavy atom. The largest absolute Gasteiger partial charge is 0.443 e. The molecule has 7 nitrogen and oxygen atoms in total. The lowest BCUT2D eigenvalue weighted by Gasteiger charge is -2.35. The third-order valence-electron chi connectivity index (χ3n) is 3.66. The molecule has 0 unspecified atom stereocenters. The van der Waals surface area contributed by atoms with Gasteiger partial charge in [0.25, 0.3) is 5.69 Å². The van der Waals surface area contributed by atoms with Gasteiger partial charge in [0, 0.05) is 18.2 Å². The molecule has 1 N–H and O–H groups in total. The maximum atomic E-state index is 13.7. The molecule has 2 rings (SSSR count). The Hall–Kier alpha value is -2.22. The van der Waals surface area contributed by atoms with Crippen molar-refractivity contribution < 1.29 is 18.8 Å². The van der Waals surface area contributed by atoms with Crippen molar-refractivity contribution in [1.29, 1.82) is 0 Å². The van der Waals surface area contributed by atoms with Crippen LogP contribution in [-0.4, -0.2) is 35.7 Å². The third-order valence-corrected chi connectivity index (χ3v) is 3.66. The van der Waals surface area contributed by atoms with Crippen molar-refractivity contribution in [3.63, 3.8) is 0 Å². The van der Waals surface area contributed by atoms with Gasteiger partial charge in [0.05, 0.1) is 4.92 Å². The molecule has 0 bridgehead atoms. The molecule has 24 heavy (non-hydrogen) atoms. The third kappa shape index (κ3) is 4.41. The SMILES string of the molecule is CC(C)(C)OC(=O)N(c1cc(F)ccc1[N+](=O)[O-])C1CCNCC1. The van der Waals surface area contributed by atoms with E-state index in [1.807, 2.05) is 0 Å². The first-order valence-corrected chi connectivity index (χ1v) is 7.86. The summed E-state index contributed by atoms with van der Waals surface area (Å²) < 4.78 is 19.1. The second kappa shape index (κ2) is 7.12. The molecule has 1 fully saturated rings. The van der Waals surface area contributed by atoms with Crippen LogP contribution < -0.4 is 10.2 Å². The van der Waals surface area contributed by atoms with Crippen molar-refractivity contribution >= 4 is 17.5 Å². The van der Waals surface area contributed by atoms with E-state index in [0.717, 1.165) is 18.2 Å². The average Bonchev–Trinajstić information content (AvgIpc) is 2.46. The predicted octanol–water partition coefficient (Wildman–Crippen LogP) is 3.23. The summed E-state index contributed by atoms with van der Waals surface area (Å²) in [6.45, 7) is 6.49. The molecular weight excluding hydrogens is 317 g/mol. The summed E-state index contributed by atoms with van der Waals surface area (Å²) in [5, 5.41) is 14.5. The smallest absolute Gasteiger partial charge is 0.415 e. The van der Waals surface area contributed by atoms with Gasteiger partial charge in [0.2, 0.25) is 0 Å². The number of hydrogen-bond donors (Lipinski definition) is 1. The van der Waals surface area contributed by atoms with Gasteiger partial charge in [-0.15, -0.1) is 0 Å². The highest BCUT2D eigenvalue weighted by atomic mass is 19.1. The monoisotopic (exact) mass is 339 g/mol. The average molecular weight is 339 g/mol. The number of nitrogens with one attached hydrogen (secondary N) is 1. The minimum Gasteiger partial charge on any atom is -0.443 e. The maximum Gasteiger partial charge on any atom is 0.415 e. The van der Waals surface area contributed by atoms with Gasteiger partial charge in [0.1, 0.15) is 17.1 Å². The molecule has 1 saturated heterocycles. The zero-order valence-electron chi connectivity index (χ0n) is 14.0. The summed E-state index contributed by atoms with van der Waals surface area (Å²) in [6.07, 6.45) is 0.503. The van der Waals surface area contributed by atoms with Crippen LogP contribution in [0.2, 0.25) is 0 Å². The van der Waals surface area contributed by atoms with E-state index in [-0.39, 0.29) is 17.4 Å². The summed E-state index contributed by atoms with van der Waals surface area (Å²) in [5.41, 5.74) is -1.15. The minimum absolute atomic E-state index is 0.0684. The first-order valence-electron chi connectivity index (χ1n) is 7.86. The van der Waals surface area contributed by atoms with Gasteiger partial charge in [-0.2, -0.15) is 0 Å². The molecule has 1 amide bonds. The fourth-order valence-electron chi connectivity index (χ4n) is 2.66. The molecule has 0 aromatic heterocycles. The summed E-state index contributed by atoms with van der Waals surface area (Å²) in [5.74, 6) is -0.641. The van der Waals surface area contributed by atoms with E-state index in [4.69, 9.17) is 4.74 Å². The molecular formula is C16H22FN3O4. The zero-order valence-corrected chi connectivity index (χ0v) is 14.0. The number of ether oxygens (including phenoxy) is 1. The zero-order chi connectivity index (χ0) is 17.9. The highest BCUT2D eigenvalue weighted by Crippen LogP contribution is 2.33. The summed E-state index contributed by atoms with van der Waals surface area (Å²) in [6, 6.07) is 2.81. The molecule has 0 saturated carbocycles. The lowest BCUT2D eigenvalue weighted by Crippen LogP contribution is -2.48. The molecule has 1 aromatic rings. The molecule has 1 aliphatic rings. The predicted molar refractivity (Wildman–Crippen MR) is 87.7 cm³/mol. The molecule has 0 spiro atoms. The molecule has 0 atom stereocenters. The van der Waals surface area contributed by atoms with Crippen LogP contribution in [0.25, 0.3) is 0 Å². The van der Waals surface area contributed by atoms with E-state index >= 15 is 0 Å². The van der Waals surface area contributed by atoms with Gasteiger partial charge in [-0.25, -0.2) is 9.18 Å². The van der Waals surface area contributed by atoms with Crippen molar-refractivity contribution in [2.75, 3.05) is 18.0 Å². The van der Waals surface area contributed by atoms with Crippen LogP contribution in [0, 0.1) is 15.9 Å². The minimum atomic E-state index is -0.760. The topological polar surface area (TPSA) is 84.7 Å². The Labute approximate surface area is 139 Å². The van der Waals surface area contributed by atoms with E-state index in [0.29, 0.717) is 25.9 Å². The number of hydrogen-bond acceptors (Lipinski definition) is 5. The van der Waals surface area contributed by atoms with E-state index < -0.39 is 22.4 Å². The Morgan fingerprint density at radius 1 is 1.38 bits per heavy atom. The maximum absolute atomic E-state index is 13.7. The number of benzene rings is 1. The second-order valence-electron chi connectivity index (χ2n) is 6.72. The van der Waals surface area contributed by atoms with Crippen LogP contribution in [0.3, 0.4) is 0 Å². The Balaban J connectivity index is 2.47. The van der Waals surface area contributed by atoms with Crippen molar-refractivity contribution in [3.8, 4) is 0 Å². The van der Waals surface area contributed by atoms with Gasteiger partial charge in [0.15, 0.2) is 0 Å². The molecule has 1 aromatic carbocycles. The molecule has 1 heterocycles. The van der Waals surface area contributed by atoms with Crippen molar-refractivity contribution in [1.82, 2.24) is 5.32 Å². The van der Waals surface area contributed by atoms with Crippen LogP contribution in [0.15, 0.2) is 18.2 Å². The first kappa shape index (κ1) is 18.1. The highest BCUT2D eigenvalue weighted by molar-refractivity contribution is 5.91. The number of nitro groups is 1. The number of nitrogens with zero attached hydrogens (tertiary/aromatic N) is 2. The summed E-state index contributed by atoms with van der Waals surface area (Å²) in [7, 11) is 0. The number of piperidine rings is 1. The normalized spacial score (nSPS) is 15.8. The number of carbonyl (C=O) groups excluding carboxylic acids is 1. The number of amides is 1. The molecule has 0 radical (unpaired) electrons. The number of carbonyl (C=O) groups is 1. The quantitative estimate of drug-likeness (QED) is 0.675. The van der Waals surface area contributed by atoms with Crippen LogP contribution in [-0.2, 0) is 4.74 Å². The lowest BCUT2D eigenvalue weighted by molar-refractivity contribution is -0.384. The van der Waals surface area contributed by atoms with Crippen LogP contribution in [0.5, 0.6) is 0 Å². The van der Waals surface area contributed by atoms with E-state index in [1.54, 1.807) is 20.8 Å². The van der Waals surface area contributed by atoms with Gasteiger partial charge in [-0.05, 0) is 52.8 Å². The first-order chi connectivity index (χ1) is 11.2. The van der Waals surface area contributed by atoms with E-state index in [1.165, 1.54) is 4.90 Å². The number of rotatable bonds is 3. The van der Waals surface area contributed by atoms with Crippen molar-refractivity contribution in [3.05, 3.63) is 34.1 Å². The standard InChI is InChI=1S/C16H22FN3O4/c1-16(2,3)24-15(21)19(12-6-8-18-9-7-12)14-10-11(17)4-5-13(14)20(22)23/h4-5,10,12,18H,6-9H2,1-3H3. The lowest BCUT2D eigenvalue weighted by atomic mass is 10.0. The highest BCUT2D eigenvalue weighted by Gasteiger charge is 2.34. The van der Waals surface area contributed by atoms with Crippen molar-refractivity contribution in [2.24, 2.45) is 0 Å². The molecule has 132 valence electrons. The fourth-order valence-corrected chi connectivity index (χ4v) is 2.66. The van der Waals surface area contributed by atoms with Crippen molar-refractivity contribution in [2.45, 2.75) is 45.3 Å². The van der Waals surface area contributed by atoms with Gasteiger partial charge >= 0.3 is 6.09 Å². The van der Waals surface area contributed by atoms with E-state index in [9.17, 15) is 19.3 Å². The Kier molecular flexibility index (Phi) is 5.38. The van der Waals surface area contributed by atoms with Crippen LogP contribution in [0.1, 0.15) is 33.6 Å². The number of halogens is 1. The van der Waals surface area contributed by atoms with Gasteiger partial charge < -0.3 is 10.1 Å². The molecule has 8 heteroatoms. The van der Waals surface area contributed by atoms with E-state index in [2.05, 4.69) is 5.32 Å². The number of anilines is 1. The van der Waals surface area contributed by atoms with Crippen LogP contribution >= 0.6 is 0 Å². The Bertz CT molecular complexity index is 624. The van der Waals surface area contributed by atoms with Gasteiger partial charge in [-0.1, -0.05) is 0 Å². The number of nitro benzene ring substituents is 1. The van der Waals surface area contributed by atoms with Gasteiger partial charge in [-0.3, -0.25) is 15.0 Å². The summed E-state index contributed by atoms with van der Waals surface area (Å²) >= 11 is 0. The molecule has 0 aliphatic carbocycles. The second-order valence-corrected chi connectivity index (χ2v) is 6.72. The fraction of sp³-hybridized carbons (Fsp3) is 0.562. The van der Waals surface area contributed by atoms with Crippen LogP contribution in [0.4, 0.5) is 20.6 Å². The summed E-state index contributed by atoms with van der Waals surface area (Å²) in [4.78, 5) is 24.6.